The van der Waals surface area contributed by atoms with E-state index in [4.69, 9.17) is 0 Å². The second kappa shape index (κ2) is 5.08. The van der Waals surface area contributed by atoms with Gasteiger partial charge in [0.1, 0.15) is 0 Å². The molecule has 3 rings (SSSR count). The molecule has 1 N–H and O–H groups in total. The summed E-state index contributed by atoms with van der Waals surface area (Å²) in [6, 6.07) is 1.97. The number of aromatic nitrogens is 2. The minimum atomic E-state index is -0.778. The third kappa shape index (κ3) is 3.05. The van der Waals surface area contributed by atoms with Gasteiger partial charge in [-0.2, -0.15) is 5.10 Å². The molecule has 0 radical (unpaired) electrons. The average Bonchev–Trinajstić information content (AvgIpc) is 3.14. The predicted octanol–water partition coefficient (Wildman–Crippen LogP) is 2.50. The number of carbonyl (C=O) groups excluding carboxylic acids is 1. The van der Waals surface area contributed by atoms with Crippen molar-refractivity contribution in [2.24, 2.45) is 0 Å². The van der Waals surface area contributed by atoms with Crippen molar-refractivity contribution in [3.05, 3.63) is 17.5 Å². The van der Waals surface area contributed by atoms with Crippen LogP contribution in [0.4, 0.5) is 0 Å². The summed E-state index contributed by atoms with van der Waals surface area (Å²) in [6.07, 6.45) is 3.97. The summed E-state index contributed by atoms with van der Waals surface area (Å²) in [5.74, 6) is 0.502. The number of nitrogens with zero attached hydrogens (tertiary/aromatic N) is 3. The number of hydrogen-bond acceptors (Lipinski definition) is 3. The van der Waals surface area contributed by atoms with Gasteiger partial charge in [-0.05, 0) is 59.4 Å². The van der Waals surface area contributed by atoms with Crippen molar-refractivity contribution in [2.45, 2.75) is 70.4 Å². The second-order valence-corrected chi connectivity index (χ2v) is 8.14. The smallest absolute Gasteiger partial charge is 0.274 e. The van der Waals surface area contributed by atoms with Crippen molar-refractivity contribution in [1.82, 2.24) is 14.7 Å². The van der Waals surface area contributed by atoms with Gasteiger partial charge in [-0.3, -0.25) is 9.48 Å². The molecule has 1 aliphatic heterocycles. The maximum atomic E-state index is 12.8. The molecule has 1 unspecified atom stereocenters. The van der Waals surface area contributed by atoms with Crippen LogP contribution in [0.1, 0.15) is 75.5 Å². The summed E-state index contributed by atoms with van der Waals surface area (Å²) in [7, 11) is 0. The first-order chi connectivity index (χ1) is 10.2. The van der Waals surface area contributed by atoms with Crippen molar-refractivity contribution in [2.75, 3.05) is 13.1 Å². The molecular formula is C17H27N3O2. The molecule has 2 heterocycles. The Morgan fingerprint density at radius 1 is 1.41 bits per heavy atom. The average molecular weight is 305 g/mol. The van der Waals surface area contributed by atoms with Gasteiger partial charge in [0.2, 0.25) is 0 Å². The van der Waals surface area contributed by atoms with E-state index < -0.39 is 5.60 Å². The van der Waals surface area contributed by atoms with Crippen molar-refractivity contribution in [3.8, 4) is 0 Å². The van der Waals surface area contributed by atoms with Crippen molar-refractivity contribution in [1.29, 1.82) is 0 Å². The largest absolute Gasteiger partial charge is 0.388 e. The lowest BCUT2D eigenvalue weighted by Crippen LogP contribution is -2.48. The third-order valence-electron chi connectivity index (χ3n) is 4.55. The molecule has 1 aliphatic carbocycles. The van der Waals surface area contributed by atoms with Gasteiger partial charge >= 0.3 is 0 Å². The Labute approximate surface area is 132 Å². The first kappa shape index (κ1) is 15.5. The van der Waals surface area contributed by atoms with Gasteiger partial charge in [-0.1, -0.05) is 0 Å². The Morgan fingerprint density at radius 2 is 2.09 bits per heavy atom. The monoisotopic (exact) mass is 305 g/mol. The molecule has 5 heteroatoms. The van der Waals surface area contributed by atoms with Crippen LogP contribution in [0.25, 0.3) is 0 Å². The zero-order chi connectivity index (χ0) is 16.1. The maximum absolute atomic E-state index is 12.8. The normalized spacial score (nSPS) is 26.3. The van der Waals surface area contributed by atoms with Crippen LogP contribution in [0.15, 0.2) is 6.07 Å². The Balaban J connectivity index is 1.87. The number of rotatable bonds is 2. The molecule has 2 aliphatic rings. The Kier molecular flexibility index (Phi) is 3.59. The lowest BCUT2D eigenvalue weighted by Gasteiger charge is -2.36. The van der Waals surface area contributed by atoms with E-state index in [0.717, 1.165) is 12.8 Å². The van der Waals surface area contributed by atoms with Crippen molar-refractivity contribution < 1.29 is 9.90 Å². The van der Waals surface area contributed by atoms with E-state index in [-0.39, 0.29) is 11.4 Å². The standard InChI is InChI=1S/C17H27N3O2/c1-16(2,3)20-14(12-6-7-12)10-13(18-20)15(21)19-9-5-8-17(4,22)11-19/h10,12,22H,5-9,11H2,1-4H3. The number of amides is 1. The van der Waals surface area contributed by atoms with Gasteiger partial charge in [-0.15, -0.1) is 0 Å². The van der Waals surface area contributed by atoms with Gasteiger partial charge in [-0.25, -0.2) is 0 Å². The first-order valence-electron chi connectivity index (χ1n) is 8.29. The fourth-order valence-electron chi connectivity index (χ4n) is 3.26. The molecule has 1 aromatic rings. The highest BCUT2D eigenvalue weighted by atomic mass is 16.3. The van der Waals surface area contributed by atoms with Crippen LogP contribution in [0.2, 0.25) is 0 Å². The van der Waals surface area contributed by atoms with Gasteiger partial charge in [0.05, 0.1) is 11.1 Å². The predicted molar refractivity (Wildman–Crippen MR) is 85.0 cm³/mol. The van der Waals surface area contributed by atoms with E-state index in [0.29, 0.717) is 24.7 Å². The lowest BCUT2D eigenvalue weighted by molar-refractivity contribution is -0.0109. The molecule has 0 spiro atoms. The van der Waals surface area contributed by atoms with Crippen LogP contribution >= 0.6 is 0 Å². The molecule has 0 aromatic carbocycles. The van der Waals surface area contributed by atoms with E-state index >= 15 is 0 Å². The molecule has 1 atom stereocenters. The van der Waals surface area contributed by atoms with E-state index in [2.05, 4.69) is 25.9 Å². The van der Waals surface area contributed by atoms with Crippen LogP contribution in [0.3, 0.4) is 0 Å². The highest BCUT2D eigenvalue weighted by molar-refractivity contribution is 5.92. The second-order valence-electron chi connectivity index (χ2n) is 8.14. The zero-order valence-electron chi connectivity index (χ0n) is 14.1. The topological polar surface area (TPSA) is 58.4 Å². The van der Waals surface area contributed by atoms with Crippen molar-refractivity contribution >= 4 is 5.91 Å². The highest BCUT2D eigenvalue weighted by Gasteiger charge is 2.35. The molecule has 22 heavy (non-hydrogen) atoms. The summed E-state index contributed by atoms with van der Waals surface area (Å²) in [4.78, 5) is 14.5. The number of carbonyl (C=O) groups is 1. The van der Waals surface area contributed by atoms with Crippen LogP contribution in [0, 0.1) is 0 Å². The molecule has 0 bridgehead atoms. The lowest BCUT2D eigenvalue weighted by atomic mass is 9.95. The minimum Gasteiger partial charge on any atom is -0.388 e. The molecule has 1 saturated carbocycles. The quantitative estimate of drug-likeness (QED) is 0.913. The fraction of sp³-hybridized carbons (Fsp3) is 0.765. The van der Waals surface area contributed by atoms with Crippen LogP contribution in [-0.4, -0.2) is 44.4 Å². The van der Waals surface area contributed by atoms with Gasteiger partial charge in [0, 0.05) is 24.7 Å². The number of piperidine rings is 1. The van der Waals surface area contributed by atoms with Crippen LogP contribution in [0.5, 0.6) is 0 Å². The molecule has 122 valence electrons. The summed E-state index contributed by atoms with van der Waals surface area (Å²) < 4.78 is 2.01. The molecule has 2 fully saturated rings. The van der Waals surface area contributed by atoms with Gasteiger partial charge < -0.3 is 10.0 Å². The third-order valence-corrected chi connectivity index (χ3v) is 4.55. The minimum absolute atomic E-state index is 0.0510. The first-order valence-corrected chi connectivity index (χ1v) is 8.29. The summed E-state index contributed by atoms with van der Waals surface area (Å²) in [6.45, 7) is 9.25. The highest BCUT2D eigenvalue weighted by Crippen LogP contribution is 2.41. The fourth-order valence-corrected chi connectivity index (χ4v) is 3.26. The van der Waals surface area contributed by atoms with Crippen molar-refractivity contribution in [3.63, 3.8) is 0 Å². The van der Waals surface area contributed by atoms with E-state index in [9.17, 15) is 9.90 Å². The SMILES string of the molecule is CC1(O)CCCN(C(=O)c2cc(C3CC3)n(C(C)(C)C)n2)C1. The van der Waals surface area contributed by atoms with Gasteiger partial charge in [0.25, 0.3) is 5.91 Å². The Bertz CT molecular complexity index is 579. The Hall–Kier alpha value is -1.36. The molecule has 5 nitrogen and oxygen atoms in total. The number of aliphatic hydroxyl groups is 1. The zero-order valence-corrected chi connectivity index (χ0v) is 14.1. The van der Waals surface area contributed by atoms with E-state index in [1.807, 2.05) is 10.7 Å². The maximum Gasteiger partial charge on any atom is 0.274 e. The summed E-state index contributed by atoms with van der Waals surface area (Å²) in [5, 5.41) is 14.8. The molecule has 1 amide bonds. The van der Waals surface area contributed by atoms with Gasteiger partial charge in [0.15, 0.2) is 5.69 Å². The van der Waals surface area contributed by atoms with E-state index in [1.165, 1.54) is 18.5 Å². The Morgan fingerprint density at radius 3 is 2.64 bits per heavy atom. The molecule has 1 saturated heterocycles. The number of hydrogen-bond donors (Lipinski definition) is 1. The van der Waals surface area contributed by atoms with Crippen LogP contribution in [-0.2, 0) is 5.54 Å². The molecular weight excluding hydrogens is 278 g/mol. The summed E-state index contributed by atoms with van der Waals surface area (Å²) in [5.41, 5.74) is 0.804. The molecule has 1 aromatic heterocycles. The summed E-state index contributed by atoms with van der Waals surface area (Å²) >= 11 is 0. The number of β-amino-alcohol motifs (C(OH)–C–C–N with tert-alkyl or cyclic N) is 1. The number of likely N-dealkylation sites (tertiary alicyclic amines) is 1. The van der Waals surface area contributed by atoms with E-state index in [1.54, 1.807) is 11.8 Å². The van der Waals surface area contributed by atoms with Crippen LogP contribution < -0.4 is 0 Å².